The van der Waals surface area contributed by atoms with E-state index in [4.69, 9.17) is 9.47 Å². The van der Waals surface area contributed by atoms with Crippen LogP contribution in [0.4, 0.5) is 0 Å². The maximum atomic E-state index is 12.5. The largest absolute Gasteiger partial charge is 0.457 e. The molecule has 2 heterocycles. The lowest BCUT2D eigenvalue weighted by Crippen LogP contribution is -2.40. The standard InChI is InChI=1S/C20H22N4O3/c1-12(2)26-15-9-16(10-15)27-20(25)19-13(3)24(23-22-19)18-6-4-5-14-11-21-8-7-17(14)18/h4-8,11-12,15-16H,9-10H2,1-3H3. The predicted molar refractivity (Wildman–Crippen MR) is 99.8 cm³/mol. The zero-order valence-electron chi connectivity index (χ0n) is 15.6. The van der Waals surface area contributed by atoms with Gasteiger partial charge in [0.2, 0.25) is 0 Å². The lowest BCUT2D eigenvalue weighted by atomic mass is 9.92. The summed E-state index contributed by atoms with van der Waals surface area (Å²) < 4.78 is 12.9. The van der Waals surface area contributed by atoms with Crippen molar-refractivity contribution in [3.63, 3.8) is 0 Å². The van der Waals surface area contributed by atoms with Crippen LogP contribution >= 0.6 is 0 Å². The smallest absolute Gasteiger partial charge is 0.361 e. The molecular weight excluding hydrogens is 344 g/mol. The van der Waals surface area contributed by atoms with Crippen molar-refractivity contribution in [2.45, 2.75) is 51.9 Å². The molecule has 2 aromatic heterocycles. The van der Waals surface area contributed by atoms with Crippen LogP contribution in [-0.2, 0) is 9.47 Å². The summed E-state index contributed by atoms with van der Waals surface area (Å²) in [6.07, 6.45) is 5.23. The molecule has 0 N–H and O–H groups in total. The molecule has 4 rings (SSSR count). The highest BCUT2D eigenvalue weighted by molar-refractivity contribution is 5.91. The molecule has 0 saturated heterocycles. The van der Waals surface area contributed by atoms with Gasteiger partial charge in [0.1, 0.15) is 6.10 Å². The van der Waals surface area contributed by atoms with Gasteiger partial charge in [0.25, 0.3) is 0 Å². The van der Waals surface area contributed by atoms with Crippen LogP contribution in [0.25, 0.3) is 16.5 Å². The Morgan fingerprint density at radius 1 is 1.22 bits per heavy atom. The Morgan fingerprint density at radius 3 is 2.81 bits per heavy atom. The Bertz CT molecular complexity index is 971. The Morgan fingerprint density at radius 2 is 2.04 bits per heavy atom. The van der Waals surface area contributed by atoms with Gasteiger partial charge in [-0.15, -0.1) is 5.10 Å². The van der Waals surface area contributed by atoms with E-state index in [1.807, 2.05) is 45.0 Å². The molecule has 0 aliphatic heterocycles. The van der Waals surface area contributed by atoms with Gasteiger partial charge in [0.15, 0.2) is 5.69 Å². The summed E-state index contributed by atoms with van der Waals surface area (Å²) >= 11 is 0. The predicted octanol–water partition coefficient (Wildman–Crippen LogP) is 3.24. The average Bonchev–Trinajstić information content (AvgIpc) is 3.00. The van der Waals surface area contributed by atoms with Gasteiger partial charge in [-0.2, -0.15) is 0 Å². The number of fused-ring (bicyclic) bond motifs is 1. The van der Waals surface area contributed by atoms with E-state index in [1.54, 1.807) is 17.1 Å². The van der Waals surface area contributed by atoms with Crippen molar-refractivity contribution >= 4 is 16.7 Å². The molecule has 1 saturated carbocycles. The minimum atomic E-state index is -0.436. The van der Waals surface area contributed by atoms with Crippen LogP contribution in [0, 0.1) is 6.92 Å². The molecular formula is C20H22N4O3. The zero-order valence-corrected chi connectivity index (χ0v) is 15.6. The number of aromatic nitrogens is 4. The number of esters is 1. The van der Waals surface area contributed by atoms with Gasteiger partial charge >= 0.3 is 5.97 Å². The van der Waals surface area contributed by atoms with Crippen molar-refractivity contribution in [2.75, 3.05) is 0 Å². The molecule has 140 valence electrons. The second-order valence-electron chi connectivity index (χ2n) is 7.11. The van der Waals surface area contributed by atoms with Crippen LogP contribution in [-0.4, -0.2) is 44.3 Å². The molecule has 0 radical (unpaired) electrons. The molecule has 1 aliphatic carbocycles. The topological polar surface area (TPSA) is 79.1 Å². The number of benzene rings is 1. The fourth-order valence-corrected chi connectivity index (χ4v) is 3.35. The first kappa shape index (κ1) is 17.6. The maximum absolute atomic E-state index is 12.5. The van der Waals surface area contributed by atoms with Gasteiger partial charge in [-0.25, -0.2) is 9.48 Å². The summed E-state index contributed by atoms with van der Waals surface area (Å²) in [5, 5.41) is 10.2. The number of carbonyl (C=O) groups is 1. The number of rotatable bonds is 5. The Kier molecular flexibility index (Phi) is 4.61. The van der Waals surface area contributed by atoms with E-state index in [9.17, 15) is 4.79 Å². The van der Waals surface area contributed by atoms with Crippen LogP contribution in [0.3, 0.4) is 0 Å². The summed E-state index contributed by atoms with van der Waals surface area (Å²) in [6, 6.07) is 7.78. The van der Waals surface area contributed by atoms with E-state index < -0.39 is 5.97 Å². The number of pyridine rings is 1. The summed E-state index contributed by atoms with van der Waals surface area (Å²) in [4.78, 5) is 16.7. The quantitative estimate of drug-likeness (QED) is 0.645. The second-order valence-corrected chi connectivity index (χ2v) is 7.11. The van der Waals surface area contributed by atoms with Crippen molar-refractivity contribution in [3.8, 4) is 5.69 Å². The molecule has 0 amide bonds. The van der Waals surface area contributed by atoms with Gasteiger partial charge in [-0.3, -0.25) is 4.98 Å². The monoisotopic (exact) mass is 366 g/mol. The van der Waals surface area contributed by atoms with Crippen molar-refractivity contribution < 1.29 is 14.3 Å². The van der Waals surface area contributed by atoms with Gasteiger partial charge < -0.3 is 9.47 Å². The van der Waals surface area contributed by atoms with Crippen LogP contribution in [0.5, 0.6) is 0 Å². The Labute approximate surface area is 157 Å². The van der Waals surface area contributed by atoms with E-state index in [0.717, 1.165) is 29.3 Å². The van der Waals surface area contributed by atoms with E-state index in [1.165, 1.54) is 0 Å². The number of carbonyl (C=O) groups excluding carboxylic acids is 1. The molecule has 3 aromatic rings. The first-order valence-corrected chi connectivity index (χ1v) is 9.14. The van der Waals surface area contributed by atoms with Gasteiger partial charge in [-0.05, 0) is 32.9 Å². The molecule has 0 spiro atoms. The second kappa shape index (κ2) is 7.08. The zero-order chi connectivity index (χ0) is 19.0. The highest BCUT2D eigenvalue weighted by Crippen LogP contribution is 2.29. The minimum absolute atomic E-state index is 0.116. The molecule has 0 unspecified atom stereocenters. The molecule has 7 nitrogen and oxygen atoms in total. The average molecular weight is 366 g/mol. The maximum Gasteiger partial charge on any atom is 0.361 e. The SMILES string of the molecule is Cc1c(C(=O)OC2CC(OC(C)C)C2)nnn1-c1cccc2cnccc12. The fourth-order valence-electron chi connectivity index (χ4n) is 3.35. The first-order valence-electron chi connectivity index (χ1n) is 9.14. The highest BCUT2D eigenvalue weighted by atomic mass is 16.6. The Balaban J connectivity index is 1.52. The summed E-state index contributed by atoms with van der Waals surface area (Å²) in [5.41, 5.74) is 1.75. The fraction of sp³-hybridized carbons (Fsp3) is 0.400. The first-order chi connectivity index (χ1) is 13.0. The van der Waals surface area contributed by atoms with Crippen LogP contribution in [0.1, 0.15) is 42.9 Å². The molecule has 0 bridgehead atoms. The summed E-state index contributed by atoms with van der Waals surface area (Å²) in [6.45, 7) is 5.83. The van der Waals surface area contributed by atoms with Crippen molar-refractivity contribution in [1.29, 1.82) is 0 Å². The van der Waals surface area contributed by atoms with Gasteiger partial charge in [0.05, 0.1) is 23.6 Å². The third kappa shape index (κ3) is 3.42. The van der Waals surface area contributed by atoms with Crippen molar-refractivity contribution in [2.24, 2.45) is 0 Å². The Hall–Kier alpha value is -2.80. The van der Waals surface area contributed by atoms with Crippen molar-refractivity contribution in [1.82, 2.24) is 20.0 Å². The van der Waals surface area contributed by atoms with E-state index in [-0.39, 0.29) is 24.0 Å². The number of hydrogen-bond donors (Lipinski definition) is 0. The summed E-state index contributed by atoms with van der Waals surface area (Å²) in [7, 11) is 0. The van der Waals surface area contributed by atoms with Crippen LogP contribution in [0.15, 0.2) is 36.7 Å². The lowest BCUT2D eigenvalue weighted by molar-refractivity contribution is -0.0994. The normalized spacial score (nSPS) is 19.3. The molecule has 1 fully saturated rings. The third-order valence-electron chi connectivity index (χ3n) is 4.76. The third-order valence-corrected chi connectivity index (χ3v) is 4.76. The van der Waals surface area contributed by atoms with Crippen LogP contribution in [0.2, 0.25) is 0 Å². The summed E-state index contributed by atoms with van der Waals surface area (Å²) in [5.74, 6) is -0.436. The number of nitrogens with zero attached hydrogens (tertiary/aromatic N) is 4. The van der Waals surface area contributed by atoms with Crippen molar-refractivity contribution in [3.05, 3.63) is 48.0 Å². The molecule has 0 atom stereocenters. The molecule has 27 heavy (non-hydrogen) atoms. The number of hydrogen-bond acceptors (Lipinski definition) is 6. The molecule has 1 aliphatic rings. The van der Waals surface area contributed by atoms with E-state index >= 15 is 0 Å². The minimum Gasteiger partial charge on any atom is -0.457 e. The van der Waals surface area contributed by atoms with Gasteiger partial charge in [0, 0.05) is 36.0 Å². The number of ether oxygens (including phenoxy) is 2. The van der Waals surface area contributed by atoms with E-state index in [2.05, 4.69) is 15.3 Å². The van der Waals surface area contributed by atoms with E-state index in [0.29, 0.717) is 5.69 Å². The molecule has 1 aromatic carbocycles. The van der Waals surface area contributed by atoms with Crippen LogP contribution < -0.4 is 0 Å². The van der Waals surface area contributed by atoms with Gasteiger partial charge in [-0.1, -0.05) is 17.3 Å². The lowest BCUT2D eigenvalue weighted by Gasteiger charge is -2.35. The molecule has 7 heteroatoms. The highest BCUT2D eigenvalue weighted by Gasteiger charge is 2.34.